The van der Waals surface area contributed by atoms with Gasteiger partial charge in [-0.25, -0.2) is 9.78 Å². The summed E-state index contributed by atoms with van der Waals surface area (Å²) in [6.07, 6.45) is 7.01. The van der Waals surface area contributed by atoms with Crippen LogP contribution in [0.5, 0.6) is 0 Å². The molecule has 0 atom stereocenters. The minimum absolute atomic E-state index is 0.0466. The van der Waals surface area contributed by atoms with Gasteiger partial charge in [-0.2, -0.15) is 4.39 Å². The van der Waals surface area contributed by atoms with E-state index in [4.69, 9.17) is 27.9 Å². The van der Waals surface area contributed by atoms with Crippen molar-refractivity contribution in [3.8, 4) is 0 Å². The van der Waals surface area contributed by atoms with Crippen LogP contribution in [0.2, 0.25) is 10.2 Å². The number of methoxy groups -OCH3 is 1. The van der Waals surface area contributed by atoms with Crippen molar-refractivity contribution < 1.29 is 28.2 Å². The topological polar surface area (TPSA) is 85.8 Å². The molecule has 1 fully saturated rings. The number of ether oxygens (including phenoxy) is 2. The fourth-order valence-corrected chi connectivity index (χ4v) is 6.09. The van der Waals surface area contributed by atoms with E-state index in [1.807, 2.05) is 0 Å². The van der Waals surface area contributed by atoms with Gasteiger partial charge in [0.25, 0.3) is 5.91 Å². The zero-order chi connectivity index (χ0) is 26.5. The standard InChI is InChI=1S/C26H27Cl2FN2O5S/c1-35-21(32)12-19-22(28)23(24(29)37-19)31(14-15-10-11-20(27)30-13-15)25(33)17-8-4-5-9-18(17)26(34)36-16-6-2-3-7-16/h10-11,13,16H,2-9,12,14H2,1H3. The van der Waals surface area contributed by atoms with Crippen molar-refractivity contribution in [2.24, 2.45) is 0 Å². The molecule has 11 heteroatoms. The third kappa shape index (κ3) is 6.51. The Hall–Kier alpha value is -2.49. The molecule has 1 saturated carbocycles. The number of amides is 1. The zero-order valence-electron chi connectivity index (χ0n) is 20.4. The highest BCUT2D eigenvalue weighted by Gasteiger charge is 2.34. The minimum Gasteiger partial charge on any atom is -0.469 e. The van der Waals surface area contributed by atoms with Crippen LogP contribution in [0.4, 0.5) is 10.1 Å². The molecule has 0 unspecified atom stereocenters. The van der Waals surface area contributed by atoms with Gasteiger partial charge in [-0.3, -0.25) is 14.5 Å². The zero-order valence-corrected chi connectivity index (χ0v) is 22.7. The summed E-state index contributed by atoms with van der Waals surface area (Å²) in [5.74, 6) is -1.59. The molecule has 2 aliphatic rings. The van der Waals surface area contributed by atoms with E-state index in [0.717, 1.165) is 32.1 Å². The van der Waals surface area contributed by atoms with Crippen molar-refractivity contribution in [2.45, 2.75) is 70.4 Å². The summed E-state index contributed by atoms with van der Waals surface area (Å²) in [4.78, 5) is 44.4. The second-order valence-corrected chi connectivity index (χ2v) is 10.9. The second-order valence-electron chi connectivity index (χ2n) is 9.07. The Kier molecular flexibility index (Phi) is 9.21. The average molecular weight is 569 g/mol. The van der Waals surface area contributed by atoms with Gasteiger partial charge < -0.3 is 9.47 Å². The monoisotopic (exact) mass is 568 g/mol. The maximum atomic E-state index is 15.3. The van der Waals surface area contributed by atoms with Crippen molar-refractivity contribution in [1.29, 1.82) is 0 Å². The maximum absolute atomic E-state index is 15.3. The number of pyridine rings is 1. The summed E-state index contributed by atoms with van der Waals surface area (Å²) < 4.78 is 25.7. The first-order valence-electron chi connectivity index (χ1n) is 12.2. The molecule has 37 heavy (non-hydrogen) atoms. The molecule has 0 radical (unpaired) electrons. The molecule has 0 spiro atoms. The molecule has 0 N–H and O–H groups in total. The van der Waals surface area contributed by atoms with Gasteiger partial charge >= 0.3 is 11.9 Å². The Balaban J connectivity index is 1.73. The number of hydrogen-bond donors (Lipinski definition) is 0. The van der Waals surface area contributed by atoms with Crippen LogP contribution < -0.4 is 4.90 Å². The number of nitrogens with zero attached hydrogens (tertiary/aromatic N) is 2. The number of carbonyl (C=O) groups is 3. The number of esters is 2. The Labute approximate surface area is 228 Å². The highest BCUT2D eigenvalue weighted by Crippen LogP contribution is 2.41. The van der Waals surface area contributed by atoms with E-state index < -0.39 is 23.0 Å². The molecular weight excluding hydrogens is 542 g/mol. The highest BCUT2D eigenvalue weighted by molar-refractivity contribution is 7.11. The van der Waals surface area contributed by atoms with Crippen LogP contribution in [0, 0.1) is 5.13 Å². The Morgan fingerprint density at radius 3 is 2.46 bits per heavy atom. The van der Waals surface area contributed by atoms with E-state index in [1.54, 1.807) is 12.1 Å². The summed E-state index contributed by atoms with van der Waals surface area (Å²) in [5.41, 5.74) is 1.07. The molecule has 0 aliphatic heterocycles. The number of aromatic nitrogens is 1. The normalized spacial score (nSPS) is 16.1. The summed E-state index contributed by atoms with van der Waals surface area (Å²) in [7, 11) is 1.23. The van der Waals surface area contributed by atoms with Gasteiger partial charge in [-0.05, 0) is 63.0 Å². The number of carbonyl (C=O) groups excluding carboxylic acids is 3. The van der Waals surface area contributed by atoms with Crippen LogP contribution in [0.3, 0.4) is 0 Å². The van der Waals surface area contributed by atoms with Crippen LogP contribution in [0.25, 0.3) is 0 Å². The van der Waals surface area contributed by atoms with Gasteiger partial charge in [0.05, 0.1) is 25.1 Å². The van der Waals surface area contributed by atoms with Crippen molar-refractivity contribution in [1.82, 2.24) is 4.98 Å². The molecule has 2 aromatic rings. The predicted molar refractivity (Wildman–Crippen MR) is 139 cm³/mol. The SMILES string of the molecule is COC(=O)Cc1sc(F)c(N(Cc2ccc(Cl)nc2)C(=O)C2=C(C(=O)OC3CCCC3)CCCC2)c1Cl. The highest BCUT2D eigenvalue weighted by atomic mass is 35.5. The fourth-order valence-electron chi connectivity index (χ4n) is 4.65. The first kappa shape index (κ1) is 27.5. The van der Waals surface area contributed by atoms with E-state index in [-0.39, 0.29) is 39.8 Å². The van der Waals surface area contributed by atoms with E-state index >= 15 is 4.39 Å². The Bertz CT molecular complexity index is 1210. The van der Waals surface area contributed by atoms with Crippen LogP contribution in [-0.2, 0) is 36.8 Å². The van der Waals surface area contributed by atoms with Crippen LogP contribution in [0.15, 0.2) is 29.5 Å². The van der Waals surface area contributed by atoms with Gasteiger partial charge in [0.2, 0.25) is 5.13 Å². The molecule has 2 heterocycles. The molecule has 4 rings (SSSR count). The summed E-state index contributed by atoms with van der Waals surface area (Å²) in [5, 5.41) is -0.492. The quantitative estimate of drug-likeness (QED) is 0.278. The van der Waals surface area contributed by atoms with Crippen molar-refractivity contribution >= 4 is 58.1 Å². The molecule has 0 aromatic carbocycles. The number of rotatable bonds is 8. The molecule has 7 nitrogen and oxygen atoms in total. The van der Waals surface area contributed by atoms with Crippen LogP contribution in [-0.4, -0.2) is 36.0 Å². The van der Waals surface area contributed by atoms with Gasteiger partial charge in [-0.15, -0.1) is 11.3 Å². The largest absolute Gasteiger partial charge is 0.469 e. The molecule has 0 saturated heterocycles. The first-order valence-corrected chi connectivity index (χ1v) is 13.7. The molecular formula is C26H27Cl2FN2O5S. The maximum Gasteiger partial charge on any atom is 0.334 e. The van der Waals surface area contributed by atoms with E-state index in [0.29, 0.717) is 47.3 Å². The predicted octanol–water partition coefficient (Wildman–Crippen LogP) is 6.19. The van der Waals surface area contributed by atoms with Gasteiger partial charge in [0.1, 0.15) is 16.9 Å². The Morgan fingerprint density at radius 2 is 1.81 bits per heavy atom. The number of hydrogen-bond acceptors (Lipinski definition) is 7. The van der Waals surface area contributed by atoms with Gasteiger partial charge in [-0.1, -0.05) is 29.3 Å². The third-order valence-corrected chi connectivity index (χ3v) is 8.29. The molecule has 0 bridgehead atoms. The summed E-state index contributed by atoms with van der Waals surface area (Å²) >= 11 is 13.1. The van der Waals surface area contributed by atoms with Crippen molar-refractivity contribution in [2.75, 3.05) is 12.0 Å². The van der Waals surface area contributed by atoms with E-state index in [2.05, 4.69) is 9.72 Å². The summed E-state index contributed by atoms with van der Waals surface area (Å²) in [6.45, 7) is -0.0670. The number of anilines is 1. The van der Waals surface area contributed by atoms with E-state index in [9.17, 15) is 14.4 Å². The van der Waals surface area contributed by atoms with Crippen molar-refractivity contribution in [3.05, 3.63) is 55.2 Å². The number of halogens is 3. The third-order valence-electron chi connectivity index (χ3n) is 6.58. The lowest BCUT2D eigenvalue weighted by Crippen LogP contribution is -2.34. The second kappa shape index (κ2) is 12.4. The lowest BCUT2D eigenvalue weighted by Gasteiger charge is -2.27. The van der Waals surface area contributed by atoms with Crippen LogP contribution in [0.1, 0.15) is 61.8 Å². The minimum atomic E-state index is -0.717. The first-order chi connectivity index (χ1) is 17.8. The summed E-state index contributed by atoms with van der Waals surface area (Å²) in [6, 6.07) is 3.24. The molecule has 2 aromatic heterocycles. The smallest absolute Gasteiger partial charge is 0.334 e. The van der Waals surface area contributed by atoms with Gasteiger partial charge in [0.15, 0.2) is 0 Å². The molecule has 198 valence electrons. The molecule has 2 aliphatic carbocycles. The van der Waals surface area contributed by atoms with Crippen LogP contribution >= 0.6 is 34.5 Å². The molecule has 1 amide bonds. The number of thiophene rings is 1. The fraction of sp³-hybridized carbons (Fsp3) is 0.462. The van der Waals surface area contributed by atoms with E-state index in [1.165, 1.54) is 18.2 Å². The lowest BCUT2D eigenvalue weighted by molar-refractivity contribution is -0.144. The Morgan fingerprint density at radius 1 is 1.11 bits per heavy atom. The van der Waals surface area contributed by atoms with Gasteiger partial charge in [0, 0.05) is 22.2 Å². The van der Waals surface area contributed by atoms with Crippen molar-refractivity contribution in [3.63, 3.8) is 0 Å². The lowest BCUT2D eigenvalue weighted by atomic mass is 9.90. The average Bonchev–Trinajstić information content (AvgIpc) is 3.50.